The second-order valence-electron chi connectivity index (χ2n) is 5.91. The summed E-state index contributed by atoms with van der Waals surface area (Å²) in [6.07, 6.45) is 2.27. The first kappa shape index (κ1) is 14.5. The molecule has 0 saturated heterocycles. The molecule has 0 amide bonds. The molecule has 0 N–H and O–H groups in total. The van der Waals surface area contributed by atoms with Gasteiger partial charge in [-0.15, -0.1) is 0 Å². The molecule has 0 spiro atoms. The van der Waals surface area contributed by atoms with Crippen LogP contribution in [0.25, 0.3) is 5.57 Å². The highest BCUT2D eigenvalue weighted by molar-refractivity contribution is 6.43. The molecular weight excluding hydrogens is 301 g/mol. The molecule has 0 atom stereocenters. The van der Waals surface area contributed by atoms with Gasteiger partial charge in [-0.05, 0) is 44.5 Å². The predicted octanol–water partition coefficient (Wildman–Crippen LogP) is 6.33. The lowest BCUT2D eigenvalue weighted by molar-refractivity contribution is 0.623. The van der Waals surface area contributed by atoms with Crippen molar-refractivity contribution in [2.24, 2.45) is 0 Å². The van der Waals surface area contributed by atoms with E-state index in [1.54, 1.807) is 0 Å². The van der Waals surface area contributed by atoms with Crippen LogP contribution < -0.4 is 4.90 Å². The topological polar surface area (TPSA) is 3.24 Å². The van der Waals surface area contributed by atoms with Crippen LogP contribution in [0.5, 0.6) is 0 Å². The van der Waals surface area contributed by atoms with Gasteiger partial charge in [0.1, 0.15) is 0 Å². The molecule has 0 aromatic heterocycles. The third kappa shape index (κ3) is 2.35. The van der Waals surface area contributed by atoms with Gasteiger partial charge in [0.2, 0.25) is 0 Å². The van der Waals surface area contributed by atoms with Crippen LogP contribution in [0.2, 0.25) is 10.0 Å². The van der Waals surface area contributed by atoms with Crippen molar-refractivity contribution in [3.63, 3.8) is 0 Å². The van der Waals surface area contributed by atoms with E-state index in [0.717, 1.165) is 11.4 Å². The van der Waals surface area contributed by atoms with Gasteiger partial charge in [0.15, 0.2) is 0 Å². The molecule has 1 aliphatic rings. The second kappa shape index (κ2) is 5.08. The lowest BCUT2D eigenvalue weighted by Crippen LogP contribution is -2.41. The van der Waals surface area contributed by atoms with E-state index < -0.39 is 0 Å². The minimum atomic E-state index is -0.174. The Morgan fingerprint density at radius 2 is 1.57 bits per heavy atom. The van der Waals surface area contributed by atoms with Crippen LogP contribution in [0.15, 0.2) is 48.5 Å². The fourth-order valence-electron chi connectivity index (χ4n) is 3.09. The molecule has 0 aliphatic carbocycles. The molecule has 3 rings (SSSR count). The summed E-state index contributed by atoms with van der Waals surface area (Å²) in [5, 5.41) is 1.17. The van der Waals surface area contributed by atoms with Crippen LogP contribution in [-0.2, 0) is 0 Å². The van der Waals surface area contributed by atoms with E-state index in [1.165, 1.54) is 11.1 Å². The Morgan fingerprint density at radius 1 is 0.905 bits per heavy atom. The van der Waals surface area contributed by atoms with Gasteiger partial charge in [0.05, 0.1) is 21.3 Å². The van der Waals surface area contributed by atoms with E-state index >= 15 is 0 Å². The van der Waals surface area contributed by atoms with Crippen LogP contribution in [0, 0.1) is 0 Å². The number of rotatable bonds is 1. The van der Waals surface area contributed by atoms with Crippen LogP contribution >= 0.6 is 23.2 Å². The first-order valence-corrected chi connectivity index (χ1v) is 7.70. The molecule has 1 aliphatic heterocycles. The lowest BCUT2D eigenvalue weighted by atomic mass is 9.88. The minimum absolute atomic E-state index is 0.174. The van der Waals surface area contributed by atoms with Crippen molar-refractivity contribution < 1.29 is 0 Å². The van der Waals surface area contributed by atoms with Crippen LogP contribution in [0.1, 0.15) is 26.3 Å². The molecule has 2 aromatic carbocycles. The molecule has 0 saturated carbocycles. The first-order valence-electron chi connectivity index (χ1n) is 6.95. The molecular formula is C18H17Cl2N. The van der Waals surface area contributed by atoms with Crippen LogP contribution in [0.3, 0.4) is 0 Å². The largest absolute Gasteiger partial charge is 0.330 e. The van der Waals surface area contributed by atoms with Gasteiger partial charge in [-0.2, -0.15) is 0 Å². The highest BCUT2D eigenvalue weighted by Gasteiger charge is 2.33. The van der Waals surface area contributed by atoms with Gasteiger partial charge >= 0.3 is 0 Å². The minimum Gasteiger partial charge on any atom is -0.330 e. The summed E-state index contributed by atoms with van der Waals surface area (Å²) >= 11 is 12.7. The molecule has 0 radical (unpaired) electrons. The van der Waals surface area contributed by atoms with E-state index in [4.69, 9.17) is 23.2 Å². The van der Waals surface area contributed by atoms with Gasteiger partial charge in [0, 0.05) is 11.3 Å². The molecule has 1 nitrogen and oxygen atoms in total. The van der Waals surface area contributed by atoms with Gasteiger partial charge in [-0.3, -0.25) is 0 Å². The summed E-state index contributed by atoms with van der Waals surface area (Å²) in [5.74, 6) is 0. The molecule has 2 aromatic rings. The van der Waals surface area contributed by atoms with Crippen LogP contribution in [0.4, 0.5) is 11.4 Å². The molecule has 108 valence electrons. The van der Waals surface area contributed by atoms with E-state index in [0.29, 0.717) is 10.0 Å². The summed E-state index contributed by atoms with van der Waals surface area (Å²) in [6.45, 7) is 6.52. The summed E-state index contributed by atoms with van der Waals surface area (Å²) in [7, 11) is 0. The number of benzene rings is 2. The predicted molar refractivity (Wildman–Crippen MR) is 92.8 cm³/mol. The van der Waals surface area contributed by atoms with Gasteiger partial charge in [0.25, 0.3) is 0 Å². The number of halogens is 2. The summed E-state index contributed by atoms with van der Waals surface area (Å²) in [4.78, 5) is 2.25. The van der Waals surface area contributed by atoms with Gasteiger partial charge < -0.3 is 4.90 Å². The quantitative estimate of drug-likeness (QED) is 0.594. The number of para-hydroxylation sites is 1. The molecule has 21 heavy (non-hydrogen) atoms. The first-order chi connectivity index (χ1) is 9.92. The summed E-state index contributed by atoms with van der Waals surface area (Å²) in [6, 6.07) is 14.2. The lowest BCUT2D eigenvalue weighted by Gasteiger charge is -2.43. The maximum Gasteiger partial charge on any atom is 0.0829 e. The van der Waals surface area contributed by atoms with Crippen molar-refractivity contribution >= 4 is 40.1 Å². The van der Waals surface area contributed by atoms with Gasteiger partial charge in [-0.25, -0.2) is 0 Å². The Hall–Kier alpha value is -1.44. The van der Waals surface area contributed by atoms with E-state index in [9.17, 15) is 0 Å². The maximum atomic E-state index is 6.46. The zero-order chi connectivity index (χ0) is 15.2. The highest BCUT2D eigenvalue weighted by Crippen LogP contribution is 2.46. The Morgan fingerprint density at radius 3 is 2.33 bits per heavy atom. The van der Waals surface area contributed by atoms with Crippen molar-refractivity contribution in [1.29, 1.82) is 0 Å². The Kier molecular flexibility index (Phi) is 3.51. The maximum absolute atomic E-state index is 6.46. The van der Waals surface area contributed by atoms with Crippen molar-refractivity contribution in [3.8, 4) is 0 Å². The van der Waals surface area contributed by atoms with E-state index in [-0.39, 0.29) is 5.54 Å². The summed E-state index contributed by atoms with van der Waals surface area (Å²) < 4.78 is 0. The summed E-state index contributed by atoms with van der Waals surface area (Å²) in [5.41, 5.74) is 4.43. The standard InChI is InChI=1S/C18H17Cl2N/c1-12-11-18(2,3)21(15-9-5-4-7-13(12)15)16-10-6-8-14(19)17(16)20/h4-11H,1-3H3. The zero-order valence-electron chi connectivity index (χ0n) is 12.3. The number of hydrogen-bond donors (Lipinski definition) is 0. The second-order valence-corrected chi connectivity index (χ2v) is 6.69. The average molecular weight is 318 g/mol. The van der Waals surface area contributed by atoms with E-state index in [1.807, 2.05) is 18.2 Å². The Labute approximate surface area is 135 Å². The molecule has 0 unspecified atom stereocenters. The fraction of sp³-hybridized carbons (Fsp3) is 0.222. The zero-order valence-corrected chi connectivity index (χ0v) is 13.8. The third-order valence-corrected chi connectivity index (χ3v) is 4.70. The van der Waals surface area contributed by atoms with Crippen molar-refractivity contribution in [1.82, 2.24) is 0 Å². The molecule has 1 heterocycles. The Bertz CT molecular complexity index is 732. The fourth-order valence-corrected chi connectivity index (χ4v) is 3.47. The third-order valence-electron chi connectivity index (χ3n) is 3.89. The monoisotopic (exact) mass is 317 g/mol. The van der Waals surface area contributed by atoms with Crippen molar-refractivity contribution in [3.05, 3.63) is 64.1 Å². The number of nitrogens with zero attached hydrogens (tertiary/aromatic N) is 1. The Balaban J connectivity index is 2.28. The molecule has 3 heteroatoms. The smallest absolute Gasteiger partial charge is 0.0829 e. The van der Waals surface area contributed by atoms with Gasteiger partial charge in [-0.1, -0.05) is 53.5 Å². The SMILES string of the molecule is CC1=CC(C)(C)N(c2cccc(Cl)c2Cl)c2ccccc21. The van der Waals surface area contributed by atoms with Crippen molar-refractivity contribution in [2.45, 2.75) is 26.3 Å². The number of fused-ring (bicyclic) bond motifs is 1. The number of hydrogen-bond acceptors (Lipinski definition) is 1. The van der Waals surface area contributed by atoms with Crippen LogP contribution in [-0.4, -0.2) is 5.54 Å². The highest BCUT2D eigenvalue weighted by atomic mass is 35.5. The molecule has 0 fully saturated rings. The average Bonchev–Trinajstić information content (AvgIpc) is 2.42. The number of allylic oxidation sites excluding steroid dienone is 1. The molecule has 0 bridgehead atoms. The normalized spacial score (nSPS) is 16.4. The van der Waals surface area contributed by atoms with Crippen molar-refractivity contribution in [2.75, 3.05) is 4.90 Å². The van der Waals surface area contributed by atoms with E-state index in [2.05, 4.69) is 56.0 Å². The number of anilines is 2.